The molecule has 1 aliphatic heterocycles. The molecule has 0 aromatic rings. The number of aliphatic hydroxyl groups excluding tert-OH is 1. The molecule has 0 aromatic heterocycles. The minimum Gasteiger partial charge on any atom is -0.464 e. The lowest BCUT2D eigenvalue weighted by atomic mass is 9.80. The minimum absolute atomic E-state index is 0.0968. The number of Topliss-reactive ketones (excluding diaryl/α,β-unsaturated/α-hetero) is 1. The van der Waals surface area contributed by atoms with Crippen molar-refractivity contribution in [3.8, 4) is 0 Å². The van der Waals surface area contributed by atoms with Gasteiger partial charge in [-0.25, -0.2) is 0 Å². The van der Waals surface area contributed by atoms with Crippen LogP contribution in [0, 0.1) is 11.8 Å². The lowest BCUT2D eigenvalue weighted by molar-refractivity contribution is -0.175. The molecular formula is C27H38O6. The van der Waals surface area contributed by atoms with Crippen molar-refractivity contribution in [2.24, 2.45) is 11.8 Å². The molecular weight excluding hydrogens is 420 g/mol. The van der Waals surface area contributed by atoms with Crippen molar-refractivity contribution in [3.63, 3.8) is 0 Å². The summed E-state index contributed by atoms with van der Waals surface area (Å²) >= 11 is 0. The maximum Gasteiger partial charge on any atom is 0.312 e. The largest absolute Gasteiger partial charge is 0.464 e. The Morgan fingerprint density at radius 1 is 1.15 bits per heavy atom. The fourth-order valence-electron chi connectivity index (χ4n) is 4.10. The van der Waals surface area contributed by atoms with Crippen molar-refractivity contribution in [1.82, 2.24) is 0 Å². The van der Waals surface area contributed by atoms with Crippen LogP contribution in [-0.4, -0.2) is 34.3 Å². The van der Waals surface area contributed by atoms with E-state index < -0.39 is 35.2 Å². The van der Waals surface area contributed by atoms with Crippen molar-refractivity contribution < 1.29 is 29.0 Å². The van der Waals surface area contributed by atoms with Gasteiger partial charge in [-0.05, 0) is 56.9 Å². The van der Waals surface area contributed by atoms with Gasteiger partial charge in [-0.1, -0.05) is 58.4 Å². The third kappa shape index (κ3) is 6.53. The zero-order chi connectivity index (χ0) is 24.6. The first kappa shape index (κ1) is 26.8. The molecule has 1 aliphatic carbocycles. The average molecular weight is 459 g/mol. The predicted molar refractivity (Wildman–Crippen MR) is 127 cm³/mol. The van der Waals surface area contributed by atoms with Crippen LogP contribution in [0.4, 0.5) is 0 Å². The first-order valence-electron chi connectivity index (χ1n) is 12.1. The van der Waals surface area contributed by atoms with Gasteiger partial charge in [0, 0.05) is 0 Å². The van der Waals surface area contributed by atoms with Gasteiger partial charge in [-0.2, -0.15) is 0 Å². The van der Waals surface area contributed by atoms with Gasteiger partial charge in [-0.15, -0.1) is 0 Å². The van der Waals surface area contributed by atoms with Crippen molar-refractivity contribution in [2.45, 2.75) is 91.3 Å². The molecule has 0 fully saturated rings. The zero-order valence-electron chi connectivity index (χ0n) is 20.6. The van der Waals surface area contributed by atoms with E-state index in [4.69, 9.17) is 9.47 Å². The molecule has 6 nitrogen and oxygen atoms in total. The molecule has 0 radical (unpaired) electrons. The molecule has 1 heterocycles. The third-order valence-electron chi connectivity index (χ3n) is 6.47. The van der Waals surface area contributed by atoms with Crippen LogP contribution in [0.25, 0.3) is 0 Å². The zero-order valence-corrected chi connectivity index (χ0v) is 20.6. The number of hydrogen-bond donors (Lipinski definition) is 1. The van der Waals surface area contributed by atoms with Gasteiger partial charge in [0.25, 0.3) is 0 Å². The Labute approximate surface area is 197 Å². The molecule has 4 atom stereocenters. The van der Waals surface area contributed by atoms with E-state index >= 15 is 0 Å². The normalized spacial score (nSPS) is 23.2. The van der Waals surface area contributed by atoms with E-state index in [-0.39, 0.29) is 11.5 Å². The van der Waals surface area contributed by atoms with Crippen LogP contribution >= 0.6 is 0 Å². The van der Waals surface area contributed by atoms with E-state index in [1.807, 2.05) is 13.8 Å². The Kier molecular flexibility index (Phi) is 9.84. The Morgan fingerprint density at radius 2 is 1.82 bits per heavy atom. The molecule has 2 aliphatic rings. The summed E-state index contributed by atoms with van der Waals surface area (Å²) in [6, 6.07) is 0. The van der Waals surface area contributed by atoms with Crippen molar-refractivity contribution in [3.05, 3.63) is 47.5 Å². The lowest BCUT2D eigenvalue weighted by Crippen LogP contribution is -2.52. The number of unbranched alkanes of at least 4 members (excludes halogenated alkanes) is 5. The van der Waals surface area contributed by atoms with Gasteiger partial charge in [-0.3, -0.25) is 14.4 Å². The van der Waals surface area contributed by atoms with Gasteiger partial charge in [0.15, 0.2) is 0 Å². The molecule has 182 valence electrons. The number of esters is 1. The highest BCUT2D eigenvalue weighted by molar-refractivity contribution is 6.26. The fourth-order valence-corrected chi connectivity index (χ4v) is 4.10. The second-order valence-corrected chi connectivity index (χ2v) is 9.26. The van der Waals surface area contributed by atoms with E-state index in [9.17, 15) is 19.5 Å². The van der Waals surface area contributed by atoms with Crippen LogP contribution in [-0.2, 0) is 23.9 Å². The Morgan fingerprint density at radius 3 is 2.48 bits per heavy atom. The quantitative estimate of drug-likeness (QED) is 0.248. The number of rotatable bonds is 12. The van der Waals surface area contributed by atoms with Crippen molar-refractivity contribution in [2.75, 3.05) is 0 Å². The summed E-state index contributed by atoms with van der Waals surface area (Å²) in [5.41, 5.74) is -1.36. The topological polar surface area (TPSA) is 89.9 Å². The van der Waals surface area contributed by atoms with E-state index in [0.29, 0.717) is 11.3 Å². The van der Waals surface area contributed by atoms with Crippen LogP contribution in [0.3, 0.4) is 0 Å². The highest BCUT2D eigenvalue weighted by Crippen LogP contribution is 2.34. The number of ketones is 2. The summed E-state index contributed by atoms with van der Waals surface area (Å²) in [4.78, 5) is 38.7. The SMILES string of the molecule is C/C=C/C1=CC2=CC(=O)[C@](C)(OC(=O)[C@H](C)[C@H](O)[C@@H](C)CCCCCCCC)C(=O)C2=CO1. The van der Waals surface area contributed by atoms with Gasteiger partial charge in [0.1, 0.15) is 12.0 Å². The molecule has 0 unspecified atom stereocenters. The standard InChI is InChI=1S/C27H38O6/c1-6-8-9-10-11-12-14-18(3)24(29)19(4)26(31)33-27(5)23(28)16-20-15-21(13-7-2)32-17-22(20)25(27)30/h7,13,15-19,24,29H,6,8-12,14H2,1-5H3/b13-7+/t18-,19+,24+,27-/m0/s1. The molecule has 0 amide bonds. The summed E-state index contributed by atoms with van der Waals surface area (Å²) in [6.45, 7) is 8.79. The van der Waals surface area contributed by atoms with Crippen LogP contribution in [0.15, 0.2) is 47.5 Å². The van der Waals surface area contributed by atoms with Crippen LogP contribution < -0.4 is 0 Å². The van der Waals surface area contributed by atoms with Gasteiger partial charge < -0.3 is 14.6 Å². The number of allylic oxidation sites excluding steroid dienone is 4. The summed E-state index contributed by atoms with van der Waals surface area (Å²) in [5, 5.41) is 10.7. The van der Waals surface area contributed by atoms with Gasteiger partial charge in [0.2, 0.25) is 17.2 Å². The Balaban J connectivity index is 2.00. The second-order valence-electron chi connectivity index (χ2n) is 9.26. The van der Waals surface area contributed by atoms with Crippen LogP contribution in [0.1, 0.15) is 79.6 Å². The Bertz CT molecular complexity index is 862. The van der Waals surface area contributed by atoms with Gasteiger partial charge >= 0.3 is 5.97 Å². The number of aliphatic hydroxyl groups is 1. The Hall–Kier alpha value is -2.47. The molecule has 33 heavy (non-hydrogen) atoms. The molecule has 0 bridgehead atoms. The van der Waals surface area contributed by atoms with Gasteiger partial charge in [0.05, 0.1) is 17.6 Å². The summed E-state index contributed by atoms with van der Waals surface area (Å²) < 4.78 is 10.9. The number of hydrogen-bond acceptors (Lipinski definition) is 6. The first-order chi connectivity index (χ1) is 15.7. The number of carbonyl (C=O) groups is 3. The summed E-state index contributed by atoms with van der Waals surface area (Å²) in [6.07, 6.45) is 14.5. The highest BCUT2D eigenvalue weighted by Gasteiger charge is 2.50. The number of carbonyl (C=O) groups excluding carboxylic acids is 3. The molecule has 6 heteroatoms. The average Bonchev–Trinajstić information content (AvgIpc) is 2.79. The third-order valence-corrected chi connectivity index (χ3v) is 6.47. The van der Waals surface area contributed by atoms with Crippen LogP contribution in [0.5, 0.6) is 0 Å². The smallest absolute Gasteiger partial charge is 0.312 e. The predicted octanol–water partition coefficient (Wildman–Crippen LogP) is 5.12. The molecule has 0 saturated carbocycles. The molecule has 0 spiro atoms. The van der Waals surface area contributed by atoms with Crippen molar-refractivity contribution in [1.29, 1.82) is 0 Å². The number of fused-ring (bicyclic) bond motifs is 1. The fraction of sp³-hybridized carbons (Fsp3) is 0.593. The second kappa shape index (κ2) is 12.1. The lowest BCUT2D eigenvalue weighted by Gasteiger charge is -2.33. The molecule has 1 N–H and O–H groups in total. The van der Waals surface area contributed by atoms with Crippen LogP contribution in [0.2, 0.25) is 0 Å². The maximum absolute atomic E-state index is 13.1. The van der Waals surface area contributed by atoms with E-state index in [0.717, 1.165) is 19.3 Å². The monoisotopic (exact) mass is 458 g/mol. The summed E-state index contributed by atoms with van der Waals surface area (Å²) in [7, 11) is 0. The summed E-state index contributed by atoms with van der Waals surface area (Å²) in [5.74, 6) is -2.45. The highest BCUT2D eigenvalue weighted by atomic mass is 16.6. The minimum atomic E-state index is -1.97. The molecule has 0 aromatic carbocycles. The van der Waals surface area contributed by atoms with Crippen molar-refractivity contribution >= 4 is 17.5 Å². The molecule has 2 rings (SSSR count). The van der Waals surface area contributed by atoms with E-state index in [1.54, 1.807) is 25.2 Å². The molecule has 0 saturated heterocycles. The number of ether oxygens (including phenoxy) is 2. The first-order valence-corrected chi connectivity index (χ1v) is 12.1. The maximum atomic E-state index is 13.1. The van der Waals surface area contributed by atoms with E-state index in [2.05, 4.69) is 6.92 Å². The van der Waals surface area contributed by atoms with E-state index in [1.165, 1.54) is 44.9 Å².